The van der Waals surface area contributed by atoms with Crippen molar-refractivity contribution in [3.63, 3.8) is 0 Å². The second-order valence-corrected chi connectivity index (χ2v) is 7.07. The summed E-state index contributed by atoms with van der Waals surface area (Å²) in [4.78, 5) is 11.4. The third-order valence-corrected chi connectivity index (χ3v) is 5.14. The minimum Gasteiger partial charge on any atom is -0.295 e. The topological polar surface area (TPSA) is 63.2 Å². The van der Waals surface area contributed by atoms with Crippen molar-refractivity contribution in [2.24, 2.45) is 0 Å². The fourth-order valence-corrected chi connectivity index (χ4v) is 3.64. The average Bonchev–Trinajstić information content (AvgIpc) is 2.47. The Morgan fingerprint density at radius 1 is 1.14 bits per heavy atom. The van der Waals surface area contributed by atoms with Crippen molar-refractivity contribution in [3.8, 4) is 0 Å². The van der Waals surface area contributed by atoms with Gasteiger partial charge in [0.1, 0.15) is 0 Å². The molecule has 0 heterocycles. The first-order valence-electron chi connectivity index (χ1n) is 6.69. The van der Waals surface area contributed by atoms with Crippen LogP contribution in [-0.4, -0.2) is 14.2 Å². The summed E-state index contributed by atoms with van der Waals surface area (Å²) in [6.45, 7) is 3.11. The first-order chi connectivity index (χ1) is 10.3. The molecule has 4 nitrogen and oxygen atoms in total. The number of halogens is 1. The molecule has 0 bridgehead atoms. The van der Waals surface area contributed by atoms with Crippen LogP contribution in [0.1, 0.15) is 35.8 Å². The summed E-state index contributed by atoms with van der Waals surface area (Å²) in [5.74, 6) is -0.184. The summed E-state index contributed by atoms with van der Waals surface area (Å²) in [6.07, 6.45) is 0. The molecule has 2 aromatic rings. The van der Waals surface area contributed by atoms with Crippen molar-refractivity contribution < 1.29 is 13.2 Å². The zero-order valence-corrected chi connectivity index (χ0v) is 13.8. The Morgan fingerprint density at radius 2 is 1.82 bits per heavy atom. The lowest BCUT2D eigenvalue weighted by molar-refractivity contribution is 0.101. The maximum Gasteiger partial charge on any atom is 0.241 e. The first-order valence-corrected chi connectivity index (χ1v) is 8.55. The molecule has 0 amide bonds. The number of carbonyl (C=O) groups excluding carboxylic acids is 1. The van der Waals surface area contributed by atoms with Crippen LogP contribution in [0.15, 0.2) is 53.4 Å². The SMILES string of the molecule is CC(=O)c1cccc(S(=O)(=O)NC(C)c2ccccc2Cl)c1. The van der Waals surface area contributed by atoms with E-state index in [0.717, 1.165) is 0 Å². The Bertz CT molecular complexity index is 803. The molecule has 0 saturated carbocycles. The Morgan fingerprint density at radius 3 is 2.45 bits per heavy atom. The van der Waals surface area contributed by atoms with Crippen LogP contribution in [0.3, 0.4) is 0 Å². The van der Waals surface area contributed by atoms with Gasteiger partial charge >= 0.3 is 0 Å². The molecule has 0 aliphatic rings. The maximum absolute atomic E-state index is 12.4. The van der Waals surface area contributed by atoms with Crippen LogP contribution in [0.25, 0.3) is 0 Å². The number of rotatable bonds is 5. The fraction of sp³-hybridized carbons (Fsp3) is 0.188. The Labute approximate surface area is 135 Å². The molecule has 0 aliphatic heterocycles. The molecule has 0 radical (unpaired) electrons. The summed E-state index contributed by atoms with van der Waals surface area (Å²) in [6, 6.07) is 12.5. The van der Waals surface area contributed by atoms with E-state index in [0.29, 0.717) is 16.1 Å². The molecule has 2 aromatic carbocycles. The summed E-state index contributed by atoms with van der Waals surface area (Å²) < 4.78 is 27.4. The number of nitrogens with one attached hydrogen (secondary N) is 1. The zero-order valence-electron chi connectivity index (χ0n) is 12.2. The predicted molar refractivity (Wildman–Crippen MR) is 86.6 cm³/mol. The van der Waals surface area contributed by atoms with Gasteiger partial charge in [0.15, 0.2) is 5.78 Å². The molecule has 2 rings (SSSR count). The van der Waals surface area contributed by atoms with Crippen LogP contribution in [0, 0.1) is 0 Å². The number of sulfonamides is 1. The van der Waals surface area contributed by atoms with Crippen LogP contribution in [-0.2, 0) is 10.0 Å². The third-order valence-electron chi connectivity index (χ3n) is 3.25. The van der Waals surface area contributed by atoms with Crippen LogP contribution in [0.4, 0.5) is 0 Å². The molecule has 0 fully saturated rings. The van der Waals surface area contributed by atoms with Crippen molar-refractivity contribution in [1.82, 2.24) is 4.72 Å². The highest BCUT2D eigenvalue weighted by Gasteiger charge is 2.20. The summed E-state index contributed by atoms with van der Waals surface area (Å²) in [5, 5.41) is 0.496. The highest BCUT2D eigenvalue weighted by molar-refractivity contribution is 7.89. The van der Waals surface area contributed by atoms with Gasteiger partial charge in [-0.3, -0.25) is 4.79 Å². The predicted octanol–water partition coefficient (Wildman–Crippen LogP) is 3.58. The van der Waals surface area contributed by atoms with Crippen molar-refractivity contribution >= 4 is 27.4 Å². The smallest absolute Gasteiger partial charge is 0.241 e. The molecule has 0 aromatic heterocycles. The third kappa shape index (κ3) is 3.74. The van der Waals surface area contributed by atoms with Crippen molar-refractivity contribution in [3.05, 3.63) is 64.7 Å². The minimum absolute atomic E-state index is 0.0547. The molecule has 6 heteroatoms. The van der Waals surface area contributed by atoms with E-state index >= 15 is 0 Å². The molecule has 1 N–H and O–H groups in total. The quantitative estimate of drug-likeness (QED) is 0.848. The van der Waals surface area contributed by atoms with Gasteiger partial charge in [-0.25, -0.2) is 13.1 Å². The van der Waals surface area contributed by atoms with Gasteiger partial charge < -0.3 is 0 Å². The zero-order chi connectivity index (χ0) is 16.3. The van der Waals surface area contributed by atoms with Crippen molar-refractivity contribution in [2.45, 2.75) is 24.8 Å². The number of hydrogen-bond acceptors (Lipinski definition) is 3. The summed E-state index contributed by atoms with van der Waals surface area (Å²) in [7, 11) is -3.74. The maximum atomic E-state index is 12.4. The van der Waals surface area contributed by atoms with Gasteiger partial charge in [0.05, 0.1) is 4.90 Å². The van der Waals surface area contributed by atoms with E-state index in [4.69, 9.17) is 11.6 Å². The molecule has 1 unspecified atom stereocenters. The van der Waals surface area contributed by atoms with E-state index in [-0.39, 0.29) is 10.7 Å². The van der Waals surface area contributed by atoms with E-state index in [9.17, 15) is 13.2 Å². The normalized spacial score (nSPS) is 12.9. The van der Waals surface area contributed by atoms with Crippen LogP contribution >= 0.6 is 11.6 Å². The minimum atomic E-state index is -3.74. The van der Waals surface area contributed by atoms with Crippen LogP contribution in [0.5, 0.6) is 0 Å². The highest BCUT2D eigenvalue weighted by atomic mass is 35.5. The standard InChI is InChI=1S/C16H16ClNO3S/c1-11(15-8-3-4-9-16(15)17)18-22(20,21)14-7-5-6-13(10-14)12(2)19/h3-11,18H,1-2H3. The lowest BCUT2D eigenvalue weighted by atomic mass is 10.1. The molecule has 0 saturated heterocycles. The molecular weight excluding hydrogens is 322 g/mol. The second kappa shape index (κ2) is 6.60. The monoisotopic (exact) mass is 337 g/mol. The van der Waals surface area contributed by atoms with Gasteiger partial charge in [-0.15, -0.1) is 0 Å². The fourth-order valence-electron chi connectivity index (χ4n) is 2.07. The molecular formula is C16H16ClNO3S. The van der Waals surface area contributed by atoms with E-state index < -0.39 is 16.1 Å². The number of benzene rings is 2. The van der Waals surface area contributed by atoms with Gasteiger partial charge in [-0.05, 0) is 37.6 Å². The Balaban J connectivity index is 2.30. The lowest BCUT2D eigenvalue weighted by Gasteiger charge is -2.16. The highest BCUT2D eigenvalue weighted by Crippen LogP contribution is 2.24. The number of ketones is 1. The van der Waals surface area contributed by atoms with Crippen molar-refractivity contribution in [2.75, 3.05) is 0 Å². The van der Waals surface area contributed by atoms with E-state index in [2.05, 4.69) is 4.72 Å². The van der Waals surface area contributed by atoms with Gasteiger partial charge in [0.25, 0.3) is 0 Å². The molecule has 0 aliphatic carbocycles. The van der Waals surface area contributed by atoms with Gasteiger partial charge in [-0.2, -0.15) is 0 Å². The summed E-state index contributed by atoms with van der Waals surface area (Å²) in [5.41, 5.74) is 1.05. The van der Waals surface area contributed by atoms with Gasteiger partial charge in [-0.1, -0.05) is 41.9 Å². The Kier molecular flexibility index (Phi) is 5.01. The molecule has 22 heavy (non-hydrogen) atoms. The average molecular weight is 338 g/mol. The van der Waals surface area contributed by atoms with Crippen LogP contribution < -0.4 is 4.72 Å². The van der Waals surface area contributed by atoms with E-state index in [1.54, 1.807) is 43.3 Å². The number of hydrogen-bond donors (Lipinski definition) is 1. The van der Waals surface area contributed by atoms with E-state index in [1.165, 1.54) is 19.1 Å². The molecule has 1 atom stereocenters. The summed E-state index contributed by atoms with van der Waals surface area (Å²) >= 11 is 6.08. The largest absolute Gasteiger partial charge is 0.295 e. The molecule has 0 spiro atoms. The first kappa shape index (κ1) is 16.7. The van der Waals surface area contributed by atoms with Crippen LogP contribution in [0.2, 0.25) is 5.02 Å². The Hall–Kier alpha value is -1.69. The number of carbonyl (C=O) groups is 1. The van der Waals surface area contributed by atoms with Crippen molar-refractivity contribution in [1.29, 1.82) is 0 Å². The lowest BCUT2D eigenvalue weighted by Crippen LogP contribution is -2.27. The molecule has 116 valence electrons. The number of Topliss-reactive ketones (excluding diaryl/α,β-unsaturated/α-hetero) is 1. The van der Waals surface area contributed by atoms with Gasteiger partial charge in [0.2, 0.25) is 10.0 Å². The van der Waals surface area contributed by atoms with Gasteiger partial charge in [0, 0.05) is 16.6 Å². The van der Waals surface area contributed by atoms with E-state index in [1.807, 2.05) is 0 Å². The second-order valence-electron chi connectivity index (χ2n) is 4.95.